The Morgan fingerprint density at radius 1 is 1.55 bits per heavy atom. The van der Waals surface area contributed by atoms with Gasteiger partial charge in [-0.1, -0.05) is 0 Å². The molecule has 1 heterocycles. The number of nitrogens with zero attached hydrogens (tertiary/aromatic N) is 2. The van der Waals surface area contributed by atoms with E-state index in [0.717, 1.165) is 5.69 Å². The van der Waals surface area contributed by atoms with Crippen LogP contribution in [0.4, 0.5) is 4.39 Å². The third kappa shape index (κ3) is 2.21. The van der Waals surface area contributed by atoms with E-state index in [1.54, 1.807) is 0 Å². The Morgan fingerprint density at radius 2 is 2.27 bits per heavy atom. The number of hydrogen-bond donors (Lipinski definition) is 0. The molecule has 0 saturated carbocycles. The minimum Gasteiger partial charge on any atom is -0.258 e. The molecule has 11 heavy (non-hydrogen) atoms. The molecule has 2 nitrogen and oxygen atoms in total. The molecule has 0 bridgehead atoms. The van der Waals surface area contributed by atoms with Gasteiger partial charge in [-0.15, -0.1) is 0 Å². The van der Waals surface area contributed by atoms with E-state index in [1.165, 1.54) is 16.5 Å². The largest absolute Gasteiger partial charge is 0.258 e. The molecule has 0 aliphatic heterocycles. The Morgan fingerprint density at radius 3 is 2.73 bits per heavy atom. The van der Waals surface area contributed by atoms with Crippen LogP contribution < -0.4 is 0 Å². The first-order chi connectivity index (χ1) is 5.24. The lowest BCUT2D eigenvalue weighted by Gasteiger charge is -1.94. The van der Waals surface area contributed by atoms with E-state index < -0.39 is 0 Å². The van der Waals surface area contributed by atoms with Gasteiger partial charge in [0, 0.05) is 10.3 Å². The van der Waals surface area contributed by atoms with Crippen molar-refractivity contribution in [1.82, 2.24) is 9.97 Å². The standard InChI is InChI=1S/C7H6FIN2/c1-5-3-11-7(4-10-5)6(8)2-9/h2-4H,1H3/b6-2-. The zero-order valence-electron chi connectivity index (χ0n) is 5.88. The molecule has 1 rings (SSSR count). The second kappa shape index (κ2) is 3.75. The Hall–Kier alpha value is -0.520. The molecule has 0 atom stereocenters. The van der Waals surface area contributed by atoms with Crippen LogP contribution in [0.15, 0.2) is 16.5 Å². The van der Waals surface area contributed by atoms with Crippen LogP contribution in [0.3, 0.4) is 0 Å². The second-order valence-corrected chi connectivity index (χ2v) is 2.62. The minimum absolute atomic E-state index is 0.282. The summed E-state index contributed by atoms with van der Waals surface area (Å²) in [5.74, 6) is -0.349. The van der Waals surface area contributed by atoms with Gasteiger partial charge < -0.3 is 0 Å². The van der Waals surface area contributed by atoms with Crippen molar-refractivity contribution >= 4 is 28.4 Å². The quantitative estimate of drug-likeness (QED) is 0.728. The number of rotatable bonds is 1. The fourth-order valence-electron chi connectivity index (χ4n) is 0.572. The summed E-state index contributed by atoms with van der Waals surface area (Å²) in [4.78, 5) is 7.74. The summed E-state index contributed by atoms with van der Waals surface area (Å²) in [6, 6.07) is 0. The van der Waals surface area contributed by atoms with E-state index in [-0.39, 0.29) is 11.5 Å². The van der Waals surface area contributed by atoms with Gasteiger partial charge in [-0.25, -0.2) is 4.39 Å². The molecule has 4 heteroatoms. The maximum atomic E-state index is 12.7. The van der Waals surface area contributed by atoms with E-state index in [1.807, 2.05) is 29.5 Å². The van der Waals surface area contributed by atoms with Crippen molar-refractivity contribution in [3.63, 3.8) is 0 Å². The molecular formula is C7H6FIN2. The van der Waals surface area contributed by atoms with Gasteiger partial charge in [0.1, 0.15) is 5.69 Å². The van der Waals surface area contributed by atoms with Crippen molar-refractivity contribution in [3.8, 4) is 0 Å². The number of aryl methyl sites for hydroxylation is 1. The molecule has 1 aromatic rings. The molecule has 1 aromatic heterocycles. The molecule has 0 aliphatic carbocycles. The van der Waals surface area contributed by atoms with Crippen LogP contribution >= 0.6 is 22.6 Å². The summed E-state index contributed by atoms with van der Waals surface area (Å²) in [5.41, 5.74) is 1.07. The summed E-state index contributed by atoms with van der Waals surface area (Å²) in [6.07, 6.45) is 2.95. The average Bonchev–Trinajstić information content (AvgIpc) is 2.05. The SMILES string of the molecule is Cc1cnc(/C(F)=C/I)cn1. The Bertz CT molecular complexity index is 268. The van der Waals surface area contributed by atoms with Crippen LogP contribution in [0.1, 0.15) is 11.4 Å². The summed E-state index contributed by atoms with van der Waals surface area (Å²) in [5, 5.41) is 0. The van der Waals surface area contributed by atoms with Crippen molar-refractivity contribution < 1.29 is 4.39 Å². The molecule has 0 radical (unpaired) electrons. The van der Waals surface area contributed by atoms with E-state index in [2.05, 4.69) is 9.97 Å². The van der Waals surface area contributed by atoms with E-state index in [9.17, 15) is 4.39 Å². The lowest BCUT2D eigenvalue weighted by atomic mass is 10.4. The highest BCUT2D eigenvalue weighted by molar-refractivity contribution is 14.1. The summed E-state index contributed by atoms with van der Waals surface area (Å²) >= 11 is 1.82. The van der Waals surface area contributed by atoms with Gasteiger partial charge in [-0.2, -0.15) is 0 Å². The first-order valence-corrected chi connectivity index (χ1v) is 4.23. The van der Waals surface area contributed by atoms with Gasteiger partial charge in [0.05, 0.1) is 11.9 Å². The molecule has 0 aromatic carbocycles. The molecule has 0 spiro atoms. The van der Waals surface area contributed by atoms with E-state index in [0.29, 0.717) is 0 Å². The van der Waals surface area contributed by atoms with Crippen molar-refractivity contribution in [1.29, 1.82) is 0 Å². The van der Waals surface area contributed by atoms with Gasteiger partial charge in [-0.05, 0) is 29.5 Å². The van der Waals surface area contributed by atoms with Crippen molar-refractivity contribution in [2.45, 2.75) is 6.92 Å². The molecule has 0 unspecified atom stereocenters. The van der Waals surface area contributed by atoms with Crippen LogP contribution in [-0.2, 0) is 0 Å². The van der Waals surface area contributed by atoms with Crippen molar-refractivity contribution in [2.24, 2.45) is 0 Å². The van der Waals surface area contributed by atoms with Gasteiger partial charge >= 0.3 is 0 Å². The second-order valence-electron chi connectivity index (χ2n) is 2.00. The van der Waals surface area contributed by atoms with Gasteiger partial charge in [0.2, 0.25) is 0 Å². The first kappa shape index (κ1) is 8.58. The summed E-state index contributed by atoms with van der Waals surface area (Å²) < 4.78 is 14.1. The first-order valence-electron chi connectivity index (χ1n) is 2.99. The topological polar surface area (TPSA) is 25.8 Å². The molecular weight excluding hydrogens is 258 g/mol. The van der Waals surface area contributed by atoms with Crippen LogP contribution in [-0.4, -0.2) is 9.97 Å². The zero-order chi connectivity index (χ0) is 8.27. The lowest BCUT2D eigenvalue weighted by Crippen LogP contribution is -1.88. The molecule has 0 saturated heterocycles. The van der Waals surface area contributed by atoms with Crippen LogP contribution in [0, 0.1) is 6.92 Å². The summed E-state index contributed by atoms with van der Waals surface area (Å²) in [6.45, 7) is 1.81. The van der Waals surface area contributed by atoms with E-state index >= 15 is 0 Å². The maximum Gasteiger partial charge on any atom is 0.156 e. The fraction of sp³-hybridized carbons (Fsp3) is 0.143. The van der Waals surface area contributed by atoms with E-state index in [4.69, 9.17) is 0 Å². The summed E-state index contributed by atoms with van der Waals surface area (Å²) in [7, 11) is 0. The lowest BCUT2D eigenvalue weighted by molar-refractivity contribution is 0.752. The van der Waals surface area contributed by atoms with Gasteiger partial charge in [0.15, 0.2) is 5.83 Å². The molecule has 0 amide bonds. The van der Waals surface area contributed by atoms with Crippen LogP contribution in [0.25, 0.3) is 5.83 Å². The highest BCUT2D eigenvalue weighted by Gasteiger charge is 1.99. The highest BCUT2D eigenvalue weighted by atomic mass is 127. The monoisotopic (exact) mass is 264 g/mol. The predicted molar refractivity (Wildman–Crippen MR) is 49.9 cm³/mol. The van der Waals surface area contributed by atoms with Gasteiger partial charge in [-0.3, -0.25) is 9.97 Å². The molecule has 0 aliphatic rings. The van der Waals surface area contributed by atoms with Crippen LogP contribution in [0.5, 0.6) is 0 Å². The predicted octanol–water partition coefficient (Wildman–Crippen LogP) is 2.49. The molecule has 0 fully saturated rings. The Labute approximate surface area is 77.7 Å². The molecule has 58 valence electrons. The Kier molecular flexibility index (Phi) is 2.92. The third-order valence-corrected chi connectivity index (χ3v) is 1.67. The number of aromatic nitrogens is 2. The zero-order valence-corrected chi connectivity index (χ0v) is 8.04. The third-order valence-electron chi connectivity index (χ3n) is 1.12. The number of hydrogen-bond acceptors (Lipinski definition) is 2. The number of halogens is 2. The fourth-order valence-corrected chi connectivity index (χ4v) is 0.891. The minimum atomic E-state index is -0.349. The molecule has 0 N–H and O–H groups in total. The smallest absolute Gasteiger partial charge is 0.156 e. The van der Waals surface area contributed by atoms with Crippen LogP contribution in [0.2, 0.25) is 0 Å². The Balaban J connectivity index is 2.99. The maximum absolute atomic E-state index is 12.7. The van der Waals surface area contributed by atoms with Crippen molar-refractivity contribution in [3.05, 3.63) is 27.9 Å². The average molecular weight is 264 g/mol. The highest BCUT2D eigenvalue weighted by Crippen LogP contribution is 2.13. The normalized spacial score (nSPS) is 11.7. The van der Waals surface area contributed by atoms with Crippen molar-refractivity contribution in [2.75, 3.05) is 0 Å². The van der Waals surface area contributed by atoms with Gasteiger partial charge in [0.25, 0.3) is 0 Å².